The Hall–Kier alpha value is -2.96. The second-order valence-corrected chi connectivity index (χ2v) is 5.80. The summed E-state index contributed by atoms with van der Waals surface area (Å²) in [4.78, 5) is 31.8. The molecule has 25 heavy (non-hydrogen) atoms. The van der Waals surface area contributed by atoms with Crippen molar-refractivity contribution in [1.29, 1.82) is 0 Å². The van der Waals surface area contributed by atoms with Gasteiger partial charge >= 0.3 is 11.8 Å². The van der Waals surface area contributed by atoms with Crippen molar-refractivity contribution in [2.24, 2.45) is 0 Å². The molecule has 3 rings (SSSR count). The predicted octanol–water partition coefficient (Wildman–Crippen LogP) is 1.19. The quantitative estimate of drug-likeness (QED) is 0.851. The fourth-order valence-electron chi connectivity index (χ4n) is 2.72. The minimum atomic E-state index is -0.612. The molecule has 0 atom stereocenters. The minimum absolute atomic E-state index is 0.272. The highest BCUT2D eigenvalue weighted by Crippen LogP contribution is 2.16. The van der Waals surface area contributed by atoms with Crippen molar-refractivity contribution in [3.63, 3.8) is 0 Å². The van der Waals surface area contributed by atoms with Gasteiger partial charge in [0.15, 0.2) is 0 Å². The number of pyridine rings is 1. The smallest absolute Gasteiger partial charge is 0.312 e. The molecule has 1 aromatic carbocycles. The maximum absolute atomic E-state index is 13.0. The molecule has 130 valence electrons. The standard InChI is InChI=1S/C18H19FN4O2/c19-15-3-5-16(6-4-15)22-8-10-23(11-9-22)18(25)17(24)21-13-14-2-1-7-20-12-14/h1-7,12H,8-11,13H2,(H,21,24). The summed E-state index contributed by atoms with van der Waals surface area (Å²) >= 11 is 0. The van der Waals surface area contributed by atoms with E-state index in [1.54, 1.807) is 35.5 Å². The normalized spacial score (nSPS) is 14.3. The van der Waals surface area contributed by atoms with Crippen LogP contribution < -0.4 is 10.2 Å². The van der Waals surface area contributed by atoms with Gasteiger partial charge in [-0.25, -0.2) is 4.39 Å². The zero-order valence-electron chi connectivity index (χ0n) is 13.7. The highest BCUT2D eigenvalue weighted by Gasteiger charge is 2.25. The number of hydrogen-bond donors (Lipinski definition) is 1. The Labute approximate surface area is 145 Å². The van der Waals surface area contributed by atoms with Crippen molar-refractivity contribution in [3.05, 3.63) is 60.2 Å². The zero-order valence-corrected chi connectivity index (χ0v) is 13.7. The van der Waals surface area contributed by atoms with Crippen LogP contribution in [0, 0.1) is 5.82 Å². The van der Waals surface area contributed by atoms with Gasteiger partial charge in [-0.15, -0.1) is 0 Å². The molecular formula is C18H19FN4O2. The van der Waals surface area contributed by atoms with Crippen LogP contribution in [0.25, 0.3) is 0 Å². The SMILES string of the molecule is O=C(NCc1cccnc1)C(=O)N1CCN(c2ccc(F)cc2)CC1. The Morgan fingerprint density at radius 3 is 2.44 bits per heavy atom. The van der Waals surface area contributed by atoms with Gasteiger partial charge < -0.3 is 15.1 Å². The van der Waals surface area contributed by atoms with Gasteiger partial charge in [0, 0.05) is 50.8 Å². The van der Waals surface area contributed by atoms with Gasteiger partial charge in [0.2, 0.25) is 0 Å². The summed E-state index contributed by atoms with van der Waals surface area (Å²) in [7, 11) is 0. The predicted molar refractivity (Wildman–Crippen MR) is 91.3 cm³/mol. The first-order chi connectivity index (χ1) is 12.1. The molecule has 0 bridgehead atoms. The number of nitrogens with one attached hydrogen (secondary N) is 1. The molecule has 0 aliphatic carbocycles. The van der Waals surface area contributed by atoms with E-state index in [2.05, 4.69) is 15.2 Å². The maximum Gasteiger partial charge on any atom is 0.312 e. The zero-order chi connectivity index (χ0) is 17.6. The summed E-state index contributed by atoms with van der Waals surface area (Å²) in [5.74, 6) is -1.41. The van der Waals surface area contributed by atoms with Crippen molar-refractivity contribution in [3.8, 4) is 0 Å². The third-order valence-corrected chi connectivity index (χ3v) is 4.13. The van der Waals surface area contributed by atoms with Gasteiger partial charge in [0.25, 0.3) is 0 Å². The molecule has 6 nitrogen and oxygen atoms in total. The van der Waals surface area contributed by atoms with E-state index in [-0.39, 0.29) is 12.4 Å². The number of amides is 2. The topological polar surface area (TPSA) is 65.5 Å². The third-order valence-electron chi connectivity index (χ3n) is 4.13. The monoisotopic (exact) mass is 342 g/mol. The van der Waals surface area contributed by atoms with Crippen LogP contribution in [0.1, 0.15) is 5.56 Å². The van der Waals surface area contributed by atoms with E-state index in [1.807, 2.05) is 6.07 Å². The molecule has 1 aromatic heterocycles. The van der Waals surface area contributed by atoms with E-state index in [9.17, 15) is 14.0 Å². The highest BCUT2D eigenvalue weighted by atomic mass is 19.1. The lowest BCUT2D eigenvalue weighted by Gasteiger charge is -2.35. The molecule has 0 spiro atoms. The molecule has 2 aromatic rings. The first kappa shape index (κ1) is 16.9. The van der Waals surface area contributed by atoms with Crippen LogP contribution in [-0.2, 0) is 16.1 Å². The van der Waals surface area contributed by atoms with Crippen molar-refractivity contribution in [2.45, 2.75) is 6.54 Å². The molecule has 1 aliphatic rings. The molecule has 0 saturated carbocycles. The molecule has 1 fully saturated rings. The number of hydrogen-bond acceptors (Lipinski definition) is 4. The van der Waals surface area contributed by atoms with Crippen LogP contribution in [0.2, 0.25) is 0 Å². The second-order valence-electron chi connectivity index (χ2n) is 5.80. The number of nitrogens with zero attached hydrogens (tertiary/aromatic N) is 3. The van der Waals surface area contributed by atoms with Crippen molar-refractivity contribution in [2.75, 3.05) is 31.1 Å². The molecule has 1 aliphatic heterocycles. The van der Waals surface area contributed by atoms with Crippen LogP contribution in [0.3, 0.4) is 0 Å². The number of rotatable bonds is 3. The highest BCUT2D eigenvalue weighted by molar-refractivity contribution is 6.35. The minimum Gasteiger partial charge on any atom is -0.368 e. The van der Waals surface area contributed by atoms with E-state index in [1.165, 1.54) is 12.1 Å². The summed E-state index contributed by atoms with van der Waals surface area (Å²) < 4.78 is 13.0. The van der Waals surface area contributed by atoms with Crippen LogP contribution >= 0.6 is 0 Å². The Morgan fingerprint density at radius 2 is 1.80 bits per heavy atom. The molecular weight excluding hydrogens is 323 g/mol. The average Bonchev–Trinajstić information content (AvgIpc) is 2.67. The number of halogens is 1. The number of carbonyl (C=O) groups is 2. The molecule has 1 N–H and O–H groups in total. The van der Waals surface area contributed by atoms with E-state index in [4.69, 9.17) is 0 Å². The average molecular weight is 342 g/mol. The van der Waals surface area contributed by atoms with Crippen LogP contribution in [0.15, 0.2) is 48.8 Å². The van der Waals surface area contributed by atoms with Gasteiger partial charge in [-0.1, -0.05) is 6.07 Å². The number of anilines is 1. The number of piperazine rings is 1. The van der Waals surface area contributed by atoms with Gasteiger partial charge in [-0.05, 0) is 35.9 Å². The molecule has 7 heteroatoms. The van der Waals surface area contributed by atoms with Crippen molar-refractivity contribution >= 4 is 17.5 Å². The van der Waals surface area contributed by atoms with Crippen LogP contribution in [-0.4, -0.2) is 47.9 Å². The van der Waals surface area contributed by atoms with Gasteiger partial charge in [-0.3, -0.25) is 14.6 Å². The number of benzene rings is 1. The van der Waals surface area contributed by atoms with Crippen molar-refractivity contribution in [1.82, 2.24) is 15.2 Å². The maximum atomic E-state index is 13.0. The van der Waals surface area contributed by atoms with Gasteiger partial charge in [-0.2, -0.15) is 0 Å². The second kappa shape index (κ2) is 7.74. The molecule has 0 unspecified atom stereocenters. The summed E-state index contributed by atoms with van der Waals surface area (Å²) in [5.41, 5.74) is 1.75. The summed E-state index contributed by atoms with van der Waals surface area (Å²) in [6.07, 6.45) is 3.29. The molecule has 0 radical (unpaired) electrons. The van der Waals surface area contributed by atoms with E-state index in [0.717, 1.165) is 11.3 Å². The molecule has 2 heterocycles. The van der Waals surface area contributed by atoms with Gasteiger partial charge in [0.1, 0.15) is 5.82 Å². The third kappa shape index (κ3) is 4.32. The van der Waals surface area contributed by atoms with E-state index >= 15 is 0 Å². The first-order valence-corrected chi connectivity index (χ1v) is 8.10. The Morgan fingerprint density at radius 1 is 1.08 bits per heavy atom. The van der Waals surface area contributed by atoms with Gasteiger partial charge in [0.05, 0.1) is 0 Å². The lowest BCUT2D eigenvalue weighted by atomic mass is 10.2. The largest absolute Gasteiger partial charge is 0.368 e. The summed E-state index contributed by atoms with van der Waals surface area (Å²) in [6, 6.07) is 9.87. The van der Waals surface area contributed by atoms with Crippen molar-refractivity contribution < 1.29 is 14.0 Å². The fourth-order valence-corrected chi connectivity index (χ4v) is 2.72. The molecule has 1 saturated heterocycles. The summed E-state index contributed by atoms with van der Waals surface area (Å²) in [6.45, 7) is 2.39. The number of carbonyl (C=O) groups excluding carboxylic acids is 2. The Balaban J connectivity index is 1.49. The fraction of sp³-hybridized carbons (Fsp3) is 0.278. The lowest BCUT2D eigenvalue weighted by Crippen LogP contribution is -2.52. The van der Waals surface area contributed by atoms with Crippen LogP contribution in [0.5, 0.6) is 0 Å². The first-order valence-electron chi connectivity index (χ1n) is 8.10. The van der Waals surface area contributed by atoms with E-state index < -0.39 is 11.8 Å². The number of aromatic nitrogens is 1. The lowest BCUT2D eigenvalue weighted by molar-refractivity contribution is -0.146. The molecule has 2 amide bonds. The summed E-state index contributed by atoms with van der Waals surface area (Å²) in [5, 5.41) is 2.62. The Kier molecular flexibility index (Phi) is 5.23. The Bertz CT molecular complexity index is 729. The van der Waals surface area contributed by atoms with E-state index in [0.29, 0.717) is 26.2 Å². The van der Waals surface area contributed by atoms with Crippen LogP contribution in [0.4, 0.5) is 10.1 Å².